The minimum atomic E-state index is -3.05. The molecule has 1 amide bonds. The van der Waals surface area contributed by atoms with E-state index in [0.29, 0.717) is 6.42 Å². The first-order valence-electron chi connectivity index (χ1n) is 6.94. The van der Waals surface area contributed by atoms with Gasteiger partial charge in [-0.05, 0) is 30.2 Å². The zero-order valence-corrected chi connectivity index (χ0v) is 14.6. The van der Waals surface area contributed by atoms with Crippen molar-refractivity contribution in [2.75, 3.05) is 18.1 Å². The number of esters is 1. The second-order valence-corrected chi connectivity index (χ2v) is 8.31. The van der Waals surface area contributed by atoms with E-state index in [1.807, 2.05) is 24.3 Å². The van der Waals surface area contributed by atoms with Gasteiger partial charge in [-0.2, -0.15) is 0 Å². The Labute approximate surface area is 142 Å². The van der Waals surface area contributed by atoms with Crippen LogP contribution in [0, 0.1) is 0 Å². The van der Waals surface area contributed by atoms with E-state index in [2.05, 4.69) is 21.2 Å². The Balaban J connectivity index is 1.75. The van der Waals surface area contributed by atoms with Crippen LogP contribution in [0.4, 0.5) is 0 Å². The zero-order valence-electron chi connectivity index (χ0n) is 12.2. The van der Waals surface area contributed by atoms with Crippen molar-refractivity contribution < 1.29 is 22.7 Å². The molecule has 23 heavy (non-hydrogen) atoms. The molecular formula is C15H16BrNO5S. The summed E-state index contributed by atoms with van der Waals surface area (Å²) in [4.78, 5) is 23.2. The molecule has 1 saturated heterocycles. The Morgan fingerprint density at radius 2 is 2.17 bits per heavy atom. The molecule has 1 N–H and O–H groups in total. The van der Waals surface area contributed by atoms with Gasteiger partial charge in [-0.25, -0.2) is 13.2 Å². The van der Waals surface area contributed by atoms with Crippen molar-refractivity contribution >= 4 is 43.7 Å². The maximum atomic E-state index is 11.6. The molecule has 1 aliphatic rings. The van der Waals surface area contributed by atoms with Gasteiger partial charge in [0.05, 0.1) is 11.5 Å². The first-order valence-corrected chi connectivity index (χ1v) is 9.56. The highest BCUT2D eigenvalue weighted by Crippen LogP contribution is 2.13. The van der Waals surface area contributed by atoms with Crippen LogP contribution in [0.25, 0.3) is 6.08 Å². The van der Waals surface area contributed by atoms with E-state index >= 15 is 0 Å². The van der Waals surface area contributed by atoms with E-state index in [1.54, 1.807) is 6.08 Å². The van der Waals surface area contributed by atoms with E-state index in [-0.39, 0.29) is 11.5 Å². The molecule has 124 valence electrons. The van der Waals surface area contributed by atoms with Crippen molar-refractivity contribution in [2.24, 2.45) is 0 Å². The van der Waals surface area contributed by atoms with Gasteiger partial charge in [-0.3, -0.25) is 4.79 Å². The molecule has 0 radical (unpaired) electrons. The lowest BCUT2D eigenvalue weighted by atomic mass is 10.2. The SMILES string of the molecule is O=C(COC(=O)/C=C/c1cccc(Br)c1)N[C@@H]1CCS(=O)(=O)C1. The maximum absolute atomic E-state index is 11.6. The number of nitrogens with one attached hydrogen (secondary N) is 1. The standard InChI is InChI=1S/C15H16BrNO5S/c16-12-3-1-2-11(8-12)4-5-15(19)22-9-14(18)17-13-6-7-23(20,21)10-13/h1-5,8,13H,6-7,9-10H2,(H,17,18)/b5-4+/t13-/m1/s1. The first kappa shape index (κ1) is 17.7. The van der Waals surface area contributed by atoms with Crippen LogP contribution in [0.15, 0.2) is 34.8 Å². The fourth-order valence-corrected chi connectivity index (χ4v) is 4.23. The van der Waals surface area contributed by atoms with Crippen molar-refractivity contribution in [1.29, 1.82) is 0 Å². The molecule has 1 aromatic rings. The summed E-state index contributed by atoms with van der Waals surface area (Å²) in [6.45, 7) is -0.432. The van der Waals surface area contributed by atoms with Crippen LogP contribution in [0.5, 0.6) is 0 Å². The van der Waals surface area contributed by atoms with E-state index in [4.69, 9.17) is 4.74 Å². The topological polar surface area (TPSA) is 89.5 Å². The average molecular weight is 402 g/mol. The third-order valence-corrected chi connectivity index (χ3v) is 5.46. The molecule has 0 saturated carbocycles. The quantitative estimate of drug-likeness (QED) is 0.593. The molecule has 0 spiro atoms. The van der Waals surface area contributed by atoms with Crippen LogP contribution in [-0.2, 0) is 24.2 Å². The van der Waals surface area contributed by atoms with E-state index in [9.17, 15) is 18.0 Å². The summed E-state index contributed by atoms with van der Waals surface area (Å²) in [5.41, 5.74) is 0.817. The number of carbonyl (C=O) groups is 2. The smallest absolute Gasteiger partial charge is 0.331 e. The van der Waals surface area contributed by atoms with Crippen molar-refractivity contribution in [3.05, 3.63) is 40.4 Å². The molecule has 0 unspecified atom stereocenters. The summed E-state index contributed by atoms with van der Waals surface area (Å²) < 4.78 is 28.3. The molecule has 2 rings (SSSR count). The van der Waals surface area contributed by atoms with Crippen LogP contribution in [0.1, 0.15) is 12.0 Å². The predicted molar refractivity (Wildman–Crippen MR) is 89.3 cm³/mol. The summed E-state index contributed by atoms with van der Waals surface area (Å²) in [5, 5.41) is 2.55. The third-order valence-electron chi connectivity index (χ3n) is 3.20. The molecule has 1 heterocycles. The lowest BCUT2D eigenvalue weighted by molar-refractivity contribution is -0.143. The van der Waals surface area contributed by atoms with Gasteiger partial charge in [0.25, 0.3) is 5.91 Å². The average Bonchev–Trinajstić information content (AvgIpc) is 2.82. The highest BCUT2D eigenvalue weighted by Gasteiger charge is 2.28. The lowest BCUT2D eigenvalue weighted by Crippen LogP contribution is -2.38. The minimum absolute atomic E-state index is 0.0600. The highest BCUT2D eigenvalue weighted by atomic mass is 79.9. The molecule has 1 aliphatic heterocycles. The Bertz CT molecular complexity index is 729. The number of sulfone groups is 1. The normalized spacial score (nSPS) is 19.6. The summed E-state index contributed by atoms with van der Waals surface area (Å²) in [6.07, 6.45) is 3.20. The van der Waals surface area contributed by atoms with Gasteiger partial charge in [0.15, 0.2) is 16.4 Å². The Kier molecular flexibility index (Phi) is 5.95. The van der Waals surface area contributed by atoms with E-state index in [0.717, 1.165) is 10.0 Å². The predicted octanol–water partition coefficient (Wildman–Crippen LogP) is 1.31. The molecule has 1 aromatic carbocycles. The molecule has 0 aromatic heterocycles. The van der Waals surface area contributed by atoms with Crippen molar-refractivity contribution in [2.45, 2.75) is 12.5 Å². The van der Waals surface area contributed by atoms with Crippen LogP contribution in [0.3, 0.4) is 0 Å². The number of halogens is 1. The number of carbonyl (C=O) groups excluding carboxylic acids is 2. The summed E-state index contributed by atoms with van der Waals surface area (Å²) >= 11 is 3.32. The number of hydrogen-bond donors (Lipinski definition) is 1. The fraction of sp³-hybridized carbons (Fsp3) is 0.333. The fourth-order valence-electron chi connectivity index (χ4n) is 2.14. The monoisotopic (exact) mass is 401 g/mol. The van der Waals surface area contributed by atoms with Crippen molar-refractivity contribution in [3.63, 3.8) is 0 Å². The number of hydrogen-bond acceptors (Lipinski definition) is 5. The molecule has 6 nitrogen and oxygen atoms in total. The van der Waals surface area contributed by atoms with E-state index in [1.165, 1.54) is 6.08 Å². The Hall–Kier alpha value is -1.67. The molecule has 8 heteroatoms. The number of benzene rings is 1. The number of amides is 1. The van der Waals surface area contributed by atoms with Crippen molar-refractivity contribution in [1.82, 2.24) is 5.32 Å². The maximum Gasteiger partial charge on any atom is 0.331 e. The van der Waals surface area contributed by atoms with Gasteiger partial charge in [-0.15, -0.1) is 0 Å². The third kappa shape index (κ3) is 6.15. The van der Waals surface area contributed by atoms with Crippen LogP contribution in [-0.4, -0.2) is 44.4 Å². The second kappa shape index (κ2) is 7.74. The van der Waals surface area contributed by atoms with Gasteiger partial charge in [0.1, 0.15) is 0 Å². The van der Waals surface area contributed by atoms with Crippen molar-refractivity contribution in [3.8, 4) is 0 Å². The first-order chi connectivity index (χ1) is 10.8. The van der Waals surface area contributed by atoms with E-state index < -0.39 is 34.4 Å². The summed E-state index contributed by atoms with van der Waals surface area (Å²) in [5.74, 6) is -1.13. The van der Waals surface area contributed by atoms with Gasteiger partial charge in [-0.1, -0.05) is 28.1 Å². The highest BCUT2D eigenvalue weighted by molar-refractivity contribution is 9.10. The molecule has 0 aliphatic carbocycles. The molecule has 1 atom stereocenters. The second-order valence-electron chi connectivity index (χ2n) is 5.16. The van der Waals surface area contributed by atoms with Crippen LogP contribution in [0.2, 0.25) is 0 Å². The largest absolute Gasteiger partial charge is 0.452 e. The number of rotatable bonds is 5. The van der Waals surface area contributed by atoms with Gasteiger partial charge < -0.3 is 10.1 Å². The molecule has 0 bridgehead atoms. The summed E-state index contributed by atoms with van der Waals surface area (Å²) in [7, 11) is -3.05. The number of ether oxygens (including phenoxy) is 1. The van der Waals surface area contributed by atoms with Crippen LogP contribution >= 0.6 is 15.9 Å². The van der Waals surface area contributed by atoms with Gasteiger partial charge in [0, 0.05) is 16.6 Å². The Morgan fingerprint density at radius 1 is 1.39 bits per heavy atom. The molecule has 1 fully saturated rings. The van der Waals surface area contributed by atoms with Gasteiger partial charge >= 0.3 is 5.97 Å². The zero-order chi connectivity index (χ0) is 16.9. The minimum Gasteiger partial charge on any atom is -0.452 e. The summed E-state index contributed by atoms with van der Waals surface area (Å²) in [6, 6.07) is 6.95. The lowest BCUT2D eigenvalue weighted by Gasteiger charge is -2.10. The Morgan fingerprint density at radius 3 is 2.83 bits per heavy atom. The molecular weight excluding hydrogens is 386 g/mol. The van der Waals surface area contributed by atoms with Gasteiger partial charge in [0.2, 0.25) is 0 Å². The van der Waals surface area contributed by atoms with Crippen LogP contribution < -0.4 is 5.32 Å².